The summed E-state index contributed by atoms with van der Waals surface area (Å²) in [6, 6.07) is 20.7. The zero-order valence-corrected chi connectivity index (χ0v) is 21.7. The maximum Gasteiger partial charge on any atom is 0.251 e. The highest BCUT2D eigenvalue weighted by atomic mass is 35.5. The van der Waals surface area contributed by atoms with Crippen LogP contribution < -0.4 is 10.6 Å². The number of fused-ring (bicyclic) bond motifs is 1. The highest BCUT2D eigenvalue weighted by molar-refractivity contribution is 6.30. The highest BCUT2D eigenvalue weighted by Gasteiger charge is 2.30. The van der Waals surface area contributed by atoms with Crippen molar-refractivity contribution in [1.29, 1.82) is 0 Å². The van der Waals surface area contributed by atoms with Gasteiger partial charge in [0.1, 0.15) is 5.92 Å². The summed E-state index contributed by atoms with van der Waals surface area (Å²) in [4.78, 5) is 32.7. The minimum absolute atomic E-state index is 0.146. The first-order chi connectivity index (χ1) is 18.0. The SMILES string of the molecule is C[C@@H](NC(=O)c1ccc2c(c1)C(C=Nc1ccc(CN3CCCCC3)cc1)C(=O)N2)c1ccc(Cl)cc1. The topological polar surface area (TPSA) is 73.8 Å². The summed E-state index contributed by atoms with van der Waals surface area (Å²) in [5.41, 5.74) is 4.99. The van der Waals surface area contributed by atoms with Gasteiger partial charge in [0.25, 0.3) is 5.91 Å². The van der Waals surface area contributed by atoms with Gasteiger partial charge in [-0.1, -0.05) is 42.3 Å². The second kappa shape index (κ2) is 11.3. The van der Waals surface area contributed by atoms with Gasteiger partial charge in [-0.05, 0) is 92.0 Å². The first kappa shape index (κ1) is 25.2. The maximum absolute atomic E-state index is 13.0. The fourth-order valence-corrected chi connectivity index (χ4v) is 5.04. The lowest BCUT2D eigenvalue weighted by atomic mass is 9.99. The van der Waals surface area contributed by atoms with E-state index in [1.54, 1.807) is 36.5 Å². The maximum atomic E-state index is 13.0. The number of benzene rings is 3. The van der Waals surface area contributed by atoms with Crippen LogP contribution in [0.4, 0.5) is 11.4 Å². The number of rotatable bonds is 7. The van der Waals surface area contributed by atoms with Crippen molar-refractivity contribution in [2.75, 3.05) is 18.4 Å². The van der Waals surface area contributed by atoms with Gasteiger partial charge in [-0.25, -0.2) is 0 Å². The van der Waals surface area contributed by atoms with Gasteiger partial charge in [-0.15, -0.1) is 0 Å². The molecule has 2 amide bonds. The lowest BCUT2D eigenvalue weighted by Crippen LogP contribution is -2.28. The van der Waals surface area contributed by atoms with Crippen molar-refractivity contribution in [3.05, 3.63) is 94.0 Å². The molecule has 5 rings (SSSR count). The number of nitrogens with one attached hydrogen (secondary N) is 2. The fourth-order valence-electron chi connectivity index (χ4n) is 4.91. The van der Waals surface area contributed by atoms with Crippen molar-refractivity contribution >= 4 is 41.0 Å². The minimum atomic E-state index is -0.551. The number of carbonyl (C=O) groups excluding carboxylic acids is 2. The summed E-state index contributed by atoms with van der Waals surface area (Å²) in [6.45, 7) is 5.21. The number of aliphatic imine (C=N–C) groups is 1. The number of likely N-dealkylation sites (tertiary alicyclic amines) is 1. The van der Waals surface area contributed by atoms with E-state index in [1.165, 1.54) is 24.8 Å². The van der Waals surface area contributed by atoms with Crippen LogP contribution in [-0.2, 0) is 11.3 Å². The van der Waals surface area contributed by atoms with Gasteiger partial charge in [-0.3, -0.25) is 19.5 Å². The van der Waals surface area contributed by atoms with Gasteiger partial charge in [0, 0.05) is 29.0 Å². The lowest BCUT2D eigenvalue weighted by Gasteiger charge is -2.26. The van der Waals surface area contributed by atoms with E-state index in [2.05, 4.69) is 32.7 Å². The number of hydrogen-bond acceptors (Lipinski definition) is 4. The molecule has 7 heteroatoms. The molecule has 3 aromatic carbocycles. The molecule has 0 radical (unpaired) electrons. The molecule has 190 valence electrons. The van der Waals surface area contributed by atoms with Crippen LogP contribution in [0.2, 0.25) is 5.02 Å². The van der Waals surface area contributed by atoms with Gasteiger partial charge >= 0.3 is 0 Å². The molecule has 0 bridgehead atoms. The fraction of sp³-hybridized carbons (Fsp3) is 0.300. The molecule has 1 unspecified atom stereocenters. The Labute approximate surface area is 222 Å². The zero-order valence-electron chi connectivity index (χ0n) is 20.9. The largest absolute Gasteiger partial charge is 0.346 e. The predicted molar refractivity (Wildman–Crippen MR) is 149 cm³/mol. The average Bonchev–Trinajstić information content (AvgIpc) is 3.23. The monoisotopic (exact) mass is 514 g/mol. The molecular formula is C30H31ClN4O2. The van der Waals surface area contributed by atoms with E-state index in [0.717, 1.165) is 36.4 Å². The van der Waals surface area contributed by atoms with Crippen LogP contribution in [0.25, 0.3) is 0 Å². The van der Waals surface area contributed by atoms with Crippen LogP contribution in [-0.4, -0.2) is 36.0 Å². The Morgan fingerprint density at radius 2 is 1.81 bits per heavy atom. The Morgan fingerprint density at radius 3 is 2.54 bits per heavy atom. The zero-order chi connectivity index (χ0) is 25.8. The van der Waals surface area contributed by atoms with Crippen LogP contribution in [0, 0.1) is 0 Å². The lowest BCUT2D eigenvalue weighted by molar-refractivity contribution is -0.115. The van der Waals surface area contributed by atoms with Gasteiger partial charge in [-0.2, -0.15) is 0 Å². The molecule has 37 heavy (non-hydrogen) atoms. The normalized spacial score (nSPS) is 18.4. The highest BCUT2D eigenvalue weighted by Crippen LogP contribution is 2.33. The third kappa shape index (κ3) is 6.09. The summed E-state index contributed by atoms with van der Waals surface area (Å²) in [5, 5.41) is 6.57. The van der Waals surface area contributed by atoms with Crippen molar-refractivity contribution < 1.29 is 9.59 Å². The first-order valence-corrected chi connectivity index (χ1v) is 13.2. The number of nitrogens with zero attached hydrogens (tertiary/aromatic N) is 2. The van der Waals surface area contributed by atoms with Gasteiger partial charge in [0.05, 0.1) is 11.7 Å². The second-order valence-corrected chi connectivity index (χ2v) is 10.2. The molecule has 2 aliphatic rings. The summed E-state index contributed by atoms with van der Waals surface area (Å²) >= 11 is 5.97. The molecule has 3 aromatic rings. The molecule has 6 nitrogen and oxygen atoms in total. The molecule has 0 spiro atoms. The van der Waals surface area contributed by atoms with Crippen LogP contribution in [0.1, 0.15) is 65.2 Å². The summed E-state index contributed by atoms with van der Waals surface area (Å²) in [6.07, 6.45) is 5.55. The quantitative estimate of drug-likeness (QED) is 0.366. The Kier molecular flexibility index (Phi) is 7.68. The van der Waals surface area contributed by atoms with E-state index in [9.17, 15) is 9.59 Å². The number of hydrogen-bond donors (Lipinski definition) is 2. The van der Waals surface area contributed by atoms with Crippen LogP contribution in [0.3, 0.4) is 0 Å². The standard InChI is InChI=1S/C30H31ClN4O2/c1-20(22-7-10-24(31)11-8-22)33-29(36)23-9-14-28-26(17-23)27(30(37)34-28)18-32-25-12-5-21(6-13-25)19-35-15-3-2-4-16-35/h5-14,17-18,20,27H,2-4,15-16,19H2,1H3,(H,33,36)(H,34,37)/t20-,27?/m1/s1. The van der Waals surface area contributed by atoms with E-state index < -0.39 is 5.92 Å². The Hall–Kier alpha value is -3.48. The van der Waals surface area contributed by atoms with Crippen molar-refractivity contribution in [2.24, 2.45) is 4.99 Å². The predicted octanol–water partition coefficient (Wildman–Crippen LogP) is 6.26. The molecule has 1 fully saturated rings. The Bertz CT molecular complexity index is 1300. The number of amides is 2. The van der Waals surface area contributed by atoms with Crippen molar-refractivity contribution in [1.82, 2.24) is 10.2 Å². The van der Waals surface area contributed by atoms with E-state index in [1.807, 2.05) is 31.2 Å². The van der Waals surface area contributed by atoms with Crippen LogP contribution in [0.15, 0.2) is 71.7 Å². The third-order valence-corrected chi connectivity index (χ3v) is 7.32. The molecule has 2 heterocycles. The van der Waals surface area contributed by atoms with Gasteiger partial charge in [0.15, 0.2) is 0 Å². The van der Waals surface area contributed by atoms with Gasteiger partial charge < -0.3 is 10.6 Å². The number of carbonyl (C=O) groups is 2. The summed E-state index contributed by atoms with van der Waals surface area (Å²) in [7, 11) is 0. The van der Waals surface area contributed by atoms with Crippen LogP contribution >= 0.6 is 11.6 Å². The van der Waals surface area contributed by atoms with E-state index >= 15 is 0 Å². The molecule has 0 aromatic heterocycles. The Morgan fingerprint density at radius 1 is 1.08 bits per heavy atom. The van der Waals surface area contributed by atoms with E-state index in [4.69, 9.17) is 11.6 Å². The van der Waals surface area contributed by atoms with Gasteiger partial charge in [0.2, 0.25) is 5.91 Å². The number of anilines is 1. The minimum Gasteiger partial charge on any atom is -0.346 e. The molecule has 1 saturated heterocycles. The van der Waals surface area contributed by atoms with Crippen molar-refractivity contribution in [3.63, 3.8) is 0 Å². The summed E-state index contributed by atoms with van der Waals surface area (Å²) in [5.74, 6) is -0.901. The number of piperidine rings is 1. The van der Waals surface area contributed by atoms with E-state index in [-0.39, 0.29) is 17.9 Å². The smallest absolute Gasteiger partial charge is 0.251 e. The van der Waals surface area contributed by atoms with Crippen molar-refractivity contribution in [3.8, 4) is 0 Å². The second-order valence-electron chi connectivity index (χ2n) is 9.80. The average molecular weight is 515 g/mol. The molecule has 0 saturated carbocycles. The Balaban J connectivity index is 1.26. The first-order valence-electron chi connectivity index (χ1n) is 12.8. The molecule has 2 aliphatic heterocycles. The van der Waals surface area contributed by atoms with Crippen molar-refractivity contribution in [2.45, 2.75) is 44.7 Å². The molecule has 2 N–H and O–H groups in total. The van der Waals surface area contributed by atoms with Crippen LogP contribution in [0.5, 0.6) is 0 Å². The molecule has 2 atom stereocenters. The third-order valence-electron chi connectivity index (χ3n) is 7.07. The molecule has 0 aliphatic carbocycles. The molecular weight excluding hydrogens is 484 g/mol. The van der Waals surface area contributed by atoms with E-state index in [0.29, 0.717) is 16.3 Å². The number of halogens is 1. The summed E-state index contributed by atoms with van der Waals surface area (Å²) < 4.78 is 0.